The van der Waals surface area contributed by atoms with E-state index in [4.69, 9.17) is 16.3 Å². The molecule has 0 fully saturated rings. The van der Waals surface area contributed by atoms with E-state index in [1.54, 1.807) is 12.1 Å². The molecule has 0 atom stereocenters. The zero-order chi connectivity index (χ0) is 16.2. The topological polar surface area (TPSA) is 84.5 Å². The second-order valence-electron chi connectivity index (χ2n) is 4.25. The highest BCUT2D eigenvalue weighted by molar-refractivity contribution is 7.89. The van der Waals surface area contributed by atoms with Gasteiger partial charge in [-0.05, 0) is 42.5 Å². The number of rotatable bonds is 5. The predicted octanol–water partition coefficient (Wildman–Crippen LogP) is 1.97. The highest BCUT2D eigenvalue weighted by Gasteiger charge is 2.15. The first-order valence-corrected chi connectivity index (χ1v) is 8.00. The van der Waals surface area contributed by atoms with Gasteiger partial charge in [0, 0.05) is 10.6 Å². The van der Waals surface area contributed by atoms with Crippen LogP contribution in [0, 0.1) is 0 Å². The summed E-state index contributed by atoms with van der Waals surface area (Å²) < 4.78 is 29.0. The molecule has 0 radical (unpaired) electrons. The van der Waals surface area contributed by atoms with Crippen LogP contribution in [0.1, 0.15) is 10.4 Å². The molecule has 2 N–H and O–H groups in total. The van der Waals surface area contributed by atoms with E-state index in [1.165, 1.54) is 43.5 Å². The minimum atomic E-state index is -3.87. The Labute approximate surface area is 133 Å². The summed E-state index contributed by atoms with van der Waals surface area (Å²) in [5.74, 6) is -0.0819. The van der Waals surface area contributed by atoms with Crippen molar-refractivity contribution in [3.63, 3.8) is 0 Å². The lowest BCUT2D eigenvalue weighted by molar-refractivity contribution is 0.0945. The van der Waals surface area contributed by atoms with Gasteiger partial charge in [0.2, 0.25) is 0 Å². The number of carbonyl (C=O) groups excluding carboxylic acids is 1. The molecule has 0 spiro atoms. The summed E-state index contributed by atoms with van der Waals surface area (Å²) in [5.41, 5.74) is 2.37. The standard InChI is InChI=1S/C14H13ClN2O4S/c1-21-12-5-7-13(8-6-12)22(19,20)17-16-14(18)10-3-2-4-11(15)9-10/h2-9,17H,1H3,(H,16,18). The van der Waals surface area contributed by atoms with Crippen molar-refractivity contribution in [2.75, 3.05) is 7.11 Å². The number of hydrogen-bond acceptors (Lipinski definition) is 4. The van der Waals surface area contributed by atoms with Crippen molar-refractivity contribution in [1.82, 2.24) is 10.3 Å². The summed E-state index contributed by atoms with van der Waals surface area (Å²) in [4.78, 5) is 13.9. The van der Waals surface area contributed by atoms with Gasteiger partial charge in [-0.1, -0.05) is 17.7 Å². The monoisotopic (exact) mass is 340 g/mol. The van der Waals surface area contributed by atoms with E-state index in [1.807, 2.05) is 4.83 Å². The van der Waals surface area contributed by atoms with Crippen LogP contribution >= 0.6 is 11.6 Å². The first-order chi connectivity index (χ1) is 10.4. The molecule has 8 heteroatoms. The Kier molecular flexibility index (Phi) is 5.02. The lowest BCUT2D eigenvalue weighted by Gasteiger charge is -2.09. The van der Waals surface area contributed by atoms with Gasteiger partial charge in [-0.2, -0.15) is 0 Å². The molecule has 0 saturated heterocycles. The molecule has 22 heavy (non-hydrogen) atoms. The SMILES string of the molecule is COc1ccc(S(=O)(=O)NNC(=O)c2cccc(Cl)c2)cc1. The molecular weight excluding hydrogens is 328 g/mol. The van der Waals surface area contributed by atoms with E-state index in [2.05, 4.69) is 5.43 Å². The first-order valence-electron chi connectivity index (χ1n) is 6.14. The van der Waals surface area contributed by atoms with Gasteiger partial charge < -0.3 is 4.74 Å². The van der Waals surface area contributed by atoms with Crippen molar-refractivity contribution in [2.24, 2.45) is 0 Å². The first kappa shape index (κ1) is 16.3. The van der Waals surface area contributed by atoms with Crippen molar-refractivity contribution in [2.45, 2.75) is 4.90 Å². The Morgan fingerprint density at radius 2 is 1.82 bits per heavy atom. The maximum absolute atomic E-state index is 12.0. The summed E-state index contributed by atoms with van der Waals surface area (Å²) in [7, 11) is -2.39. The number of methoxy groups -OCH3 is 1. The molecule has 0 aliphatic heterocycles. The fourth-order valence-corrected chi connectivity index (χ4v) is 2.66. The van der Waals surface area contributed by atoms with Crippen LogP contribution in [0.15, 0.2) is 53.4 Å². The average Bonchev–Trinajstić information content (AvgIpc) is 2.52. The van der Waals surface area contributed by atoms with Gasteiger partial charge in [0.15, 0.2) is 0 Å². The number of nitrogens with one attached hydrogen (secondary N) is 2. The number of carbonyl (C=O) groups is 1. The number of hydrogen-bond donors (Lipinski definition) is 2. The Morgan fingerprint density at radius 1 is 1.14 bits per heavy atom. The van der Waals surface area contributed by atoms with Crippen molar-refractivity contribution in [3.8, 4) is 5.75 Å². The van der Waals surface area contributed by atoms with E-state index >= 15 is 0 Å². The lowest BCUT2D eigenvalue weighted by Crippen LogP contribution is -2.41. The van der Waals surface area contributed by atoms with Crippen molar-refractivity contribution in [1.29, 1.82) is 0 Å². The van der Waals surface area contributed by atoms with E-state index in [-0.39, 0.29) is 10.5 Å². The van der Waals surface area contributed by atoms with Gasteiger partial charge in [-0.15, -0.1) is 4.83 Å². The molecule has 2 rings (SSSR count). The number of sulfonamides is 1. The lowest BCUT2D eigenvalue weighted by atomic mass is 10.2. The van der Waals surface area contributed by atoms with E-state index < -0.39 is 15.9 Å². The average molecular weight is 341 g/mol. The van der Waals surface area contributed by atoms with E-state index in [0.29, 0.717) is 10.8 Å². The van der Waals surface area contributed by atoms with Crippen LogP contribution in [0.25, 0.3) is 0 Å². The van der Waals surface area contributed by atoms with Crippen LogP contribution < -0.4 is 15.0 Å². The molecule has 6 nitrogen and oxygen atoms in total. The van der Waals surface area contributed by atoms with Crippen molar-refractivity contribution in [3.05, 3.63) is 59.1 Å². The van der Waals surface area contributed by atoms with Crippen molar-refractivity contribution < 1.29 is 17.9 Å². The van der Waals surface area contributed by atoms with Crippen LogP contribution in [0.5, 0.6) is 5.75 Å². The number of amides is 1. The zero-order valence-corrected chi connectivity index (χ0v) is 13.1. The quantitative estimate of drug-likeness (QED) is 0.815. The van der Waals surface area contributed by atoms with Gasteiger partial charge >= 0.3 is 0 Å². The van der Waals surface area contributed by atoms with Crippen LogP contribution in [-0.2, 0) is 10.0 Å². The Bertz CT molecular complexity index is 776. The third-order valence-electron chi connectivity index (χ3n) is 2.76. The summed E-state index contributed by atoms with van der Waals surface area (Å²) in [6, 6.07) is 11.9. The zero-order valence-electron chi connectivity index (χ0n) is 11.5. The summed E-state index contributed by atoms with van der Waals surface area (Å²) in [5, 5.41) is 0.380. The van der Waals surface area contributed by atoms with Gasteiger partial charge in [0.1, 0.15) is 5.75 Å². The normalized spacial score (nSPS) is 11.0. The number of benzene rings is 2. The van der Waals surface area contributed by atoms with E-state index in [0.717, 1.165) is 0 Å². The summed E-state index contributed by atoms with van der Waals surface area (Å²) in [6.45, 7) is 0. The third-order valence-corrected chi connectivity index (χ3v) is 4.25. The molecule has 116 valence electrons. The molecule has 0 saturated carbocycles. The molecule has 0 bridgehead atoms. The molecule has 0 aromatic heterocycles. The Balaban J connectivity index is 2.07. The second kappa shape index (κ2) is 6.78. The molecular formula is C14H13ClN2O4S. The smallest absolute Gasteiger partial charge is 0.266 e. The minimum absolute atomic E-state index is 0.000283. The van der Waals surface area contributed by atoms with Gasteiger partial charge in [0.05, 0.1) is 12.0 Å². The Hall–Kier alpha value is -2.09. The Morgan fingerprint density at radius 3 is 2.41 bits per heavy atom. The van der Waals surface area contributed by atoms with E-state index in [9.17, 15) is 13.2 Å². The molecule has 2 aromatic carbocycles. The molecule has 0 aliphatic carbocycles. The van der Waals surface area contributed by atoms with Crippen molar-refractivity contribution >= 4 is 27.5 Å². The summed E-state index contributed by atoms with van der Waals surface area (Å²) >= 11 is 5.77. The van der Waals surface area contributed by atoms with Gasteiger partial charge in [-0.3, -0.25) is 10.2 Å². The van der Waals surface area contributed by atoms with Crippen LogP contribution in [-0.4, -0.2) is 21.4 Å². The summed E-state index contributed by atoms with van der Waals surface area (Å²) in [6.07, 6.45) is 0. The predicted molar refractivity (Wildman–Crippen MR) is 82.2 cm³/mol. The maximum Gasteiger partial charge on any atom is 0.266 e. The molecule has 0 heterocycles. The number of hydrazine groups is 1. The number of halogens is 1. The largest absolute Gasteiger partial charge is 0.497 e. The van der Waals surface area contributed by atoms with Crippen LogP contribution in [0.2, 0.25) is 5.02 Å². The van der Waals surface area contributed by atoms with Gasteiger partial charge in [0.25, 0.3) is 15.9 Å². The molecule has 1 amide bonds. The molecule has 2 aromatic rings. The molecule has 0 aliphatic rings. The van der Waals surface area contributed by atoms with Crippen LogP contribution in [0.4, 0.5) is 0 Å². The fourth-order valence-electron chi connectivity index (χ4n) is 1.63. The second-order valence-corrected chi connectivity index (χ2v) is 6.36. The highest BCUT2D eigenvalue weighted by Crippen LogP contribution is 2.15. The highest BCUT2D eigenvalue weighted by atomic mass is 35.5. The third kappa shape index (κ3) is 3.97. The minimum Gasteiger partial charge on any atom is -0.497 e. The number of ether oxygens (including phenoxy) is 1. The fraction of sp³-hybridized carbons (Fsp3) is 0.0714. The molecule has 0 unspecified atom stereocenters. The van der Waals surface area contributed by atoms with Gasteiger partial charge in [-0.25, -0.2) is 8.42 Å². The van der Waals surface area contributed by atoms with Crippen LogP contribution in [0.3, 0.4) is 0 Å². The maximum atomic E-state index is 12.0.